The van der Waals surface area contributed by atoms with Gasteiger partial charge in [0.05, 0.1) is 22.4 Å². The van der Waals surface area contributed by atoms with Gasteiger partial charge < -0.3 is 4.84 Å². The maximum absolute atomic E-state index is 12.3. The summed E-state index contributed by atoms with van der Waals surface area (Å²) in [7, 11) is -2.39. The molecule has 0 bridgehead atoms. The number of carbonyl (C=O) groups excluding carboxylic acids is 3. The van der Waals surface area contributed by atoms with Crippen molar-refractivity contribution in [1.29, 1.82) is 0 Å². The second-order valence-corrected chi connectivity index (χ2v) is 8.20. The summed E-state index contributed by atoms with van der Waals surface area (Å²) in [6.07, 6.45) is 2.94. The Kier molecular flexibility index (Phi) is 4.13. The molecule has 0 radical (unpaired) electrons. The SMILES string of the molecule is CS(C)(=O)=Nc1cccc(C(=O)ON2C(=O)c3ccccc3C2=O)c1. The van der Waals surface area contributed by atoms with Crippen LogP contribution in [0.1, 0.15) is 31.1 Å². The summed E-state index contributed by atoms with van der Waals surface area (Å²) in [4.78, 5) is 41.7. The quantitative estimate of drug-likeness (QED) is 0.786. The largest absolute Gasteiger partial charge is 0.364 e. The fourth-order valence-electron chi connectivity index (χ4n) is 2.33. The minimum Gasteiger partial charge on any atom is -0.324 e. The number of hydrogen-bond acceptors (Lipinski definition) is 6. The van der Waals surface area contributed by atoms with Crippen molar-refractivity contribution in [3.05, 3.63) is 65.2 Å². The van der Waals surface area contributed by atoms with Gasteiger partial charge >= 0.3 is 5.97 Å². The first kappa shape index (κ1) is 16.8. The van der Waals surface area contributed by atoms with Crippen molar-refractivity contribution in [2.75, 3.05) is 12.5 Å². The van der Waals surface area contributed by atoms with Crippen LogP contribution in [0.5, 0.6) is 0 Å². The van der Waals surface area contributed by atoms with Crippen LogP contribution in [0, 0.1) is 0 Å². The number of hydrogen-bond donors (Lipinski definition) is 0. The van der Waals surface area contributed by atoms with E-state index in [9.17, 15) is 18.6 Å². The Morgan fingerprint density at radius 1 is 1.00 bits per heavy atom. The van der Waals surface area contributed by atoms with Gasteiger partial charge in [0.25, 0.3) is 11.8 Å². The summed E-state index contributed by atoms with van der Waals surface area (Å²) in [5.74, 6) is -2.27. The summed E-state index contributed by atoms with van der Waals surface area (Å²) >= 11 is 0. The number of hydroxylamine groups is 2. The molecule has 1 heterocycles. The van der Waals surface area contributed by atoms with Crippen LogP contribution in [0.25, 0.3) is 0 Å². The van der Waals surface area contributed by atoms with Crippen LogP contribution in [-0.2, 0) is 14.6 Å². The van der Waals surface area contributed by atoms with Crippen LogP contribution >= 0.6 is 0 Å². The second kappa shape index (κ2) is 6.14. The number of imide groups is 1. The normalized spacial score (nSPS) is 13.6. The lowest BCUT2D eigenvalue weighted by molar-refractivity contribution is -0.0584. The van der Waals surface area contributed by atoms with Gasteiger partial charge in [0.1, 0.15) is 0 Å². The van der Waals surface area contributed by atoms with Crippen molar-refractivity contribution < 1.29 is 23.4 Å². The zero-order chi connectivity index (χ0) is 18.2. The van der Waals surface area contributed by atoms with Crippen molar-refractivity contribution in [3.8, 4) is 0 Å². The van der Waals surface area contributed by atoms with E-state index >= 15 is 0 Å². The molecule has 2 aromatic carbocycles. The van der Waals surface area contributed by atoms with Crippen LogP contribution in [0.2, 0.25) is 0 Å². The third-order valence-corrected chi connectivity index (χ3v) is 3.99. The fourth-order valence-corrected chi connectivity index (χ4v) is 2.95. The number of fused-ring (bicyclic) bond motifs is 1. The second-order valence-electron chi connectivity index (χ2n) is 5.65. The summed E-state index contributed by atoms with van der Waals surface area (Å²) in [5.41, 5.74) is 0.787. The van der Waals surface area contributed by atoms with E-state index in [-0.39, 0.29) is 16.7 Å². The van der Waals surface area contributed by atoms with E-state index in [2.05, 4.69) is 4.36 Å². The van der Waals surface area contributed by atoms with E-state index in [0.29, 0.717) is 10.8 Å². The van der Waals surface area contributed by atoms with Crippen LogP contribution in [0.4, 0.5) is 5.69 Å². The van der Waals surface area contributed by atoms with E-state index in [0.717, 1.165) is 0 Å². The molecule has 2 amide bonds. The molecular weight excluding hydrogens is 344 g/mol. The third kappa shape index (κ3) is 3.43. The Labute approximate surface area is 144 Å². The molecule has 0 N–H and O–H groups in total. The molecular formula is C17H14N2O5S. The number of amides is 2. The van der Waals surface area contributed by atoms with Gasteiger partial charge in [-0.25, -0.2) is 9.00 Å². The van der Waals surface area contributed by atoms with Crippen molar-refractivity contribution in [2.45, 2.75) is 0 Å². The predicted octanol–water partition coefficient (Wildman–Crippen LogP) is 2.41. The zero-order valence-corrected chi connectivity index (χ0v) is 14.3. The van der Waals surface area contributed by atoms with Gasteiger partial charge in [-0.15, -0.1) is 0 Å². The molecule has 0 saturated heterocycles. The molecule has 0 fully saturated rings. The monoisotopic (exact) mass is 358 g/mol. The molecule has 3 rings (SSSR count). The standard InChI is InChI=1S/C17H14N2O5S/c1-25(2,23)18-12-7-5-6-11(10-12)17(22)24-19-15(20)13-8-3-4-9-14(13)16(19)21/h3-10H,1-2H3. The Balaban J connectivity index is 1.85. The average Bonchev–Trinajstić information content (AvgIpc) is 2.79. The van der Waals surface area contributed by atoms with E-state index < -0.39 is 27.5 Å². The fraction of sp³-hybridized carbons (Fsp3) is 0.118. The Bertz CT molecular complexity index is 978. The number of rotatable bonds is 3. The first-order valence-corrected chi connectivity index (χ1v) is 9.57. The van der Waals surface area contributed by atoms with Gasteiger partial charge in [0.2, 0.25) is 0 Å². The Morgan fingerprint density at radius 2 is 1.60 bits per heavy atom. The van der Waals surface area contributed by atoms with Crippen LogP contribution < -0.4 is 0 Å². The van der Waals surface area contributed by atoms with E-state index in [1.807, 2.05) is 0 Å². The minimum atomic E-state index is -2.39. The number of carbonyl (C=O) groups is 3. The van der Waals surface area contributed by atoms with Gasteiger partial charge in [0, 0.05) is 22.2 Å². The first-order valence-electron chi connectivity index (χ1n) is 7.23. The van der Waals surface area contributed by atoms with Crippen molar-refractivity contribution >= 4 is 33.2 Å². The molecule has 1 aliphatic heterocycles. The highest BCUT2D eigenvalue weighted by Gasteiger charge is 2.38. The highest BCUT2D eigenvalue weighted by Crippen LogP contribution is 2.24. The van der Waals surface area contributed by atoms with Crippen LogP contribution in [-0.4, -0.2) is 39.6 Å². The molecule has 0 unspecified atom stereocenters. The predicted molar refractivity (Wildman–Crippen MR) is 90.9 cm³/mol. The van der Waals surface area contributed by atoms with E-state index in [4.69, 9.17) is 4.84 Å². The summed E-state index contributed by atoms with van der Waals surface area (Å²) in [6, 6.07) is 12.2. The summed E-state index contributed by atoms with van der Waals surface area (Å²) in [6.45, 7) is 0. The molecule has 0 spiro atoms. The molecule has 1 aliphatic rings. The van der Waals surface area contributed by atoms with Gasteiger partial charge in [-0.2, -0.15) is 4.36 Å². The molecule has 128 valence electrons. The molecule has 25 heavy (non-hydrogen) atoms. The number of benzene rings is 2. The van der Waals surface area contributed by atoms with E-state index in [1.165, 1.54) is 36.8 Å². The first-order chi connectivity index (χ1) is 11.8. The zero-order valence-electron chi connectivity index (χ0n) is 13.5. The lowest BCUT2D eigenvalue weighted by Gasteiger charge is -2.12. The minimum absolute atomic E-state index is 0.0847. The molecule has 0 atom stereocenters. The van der Waals surface area contributed by atoms with Crippen LogP contribution in [0.3, 0.4) is 0 Å². The van der Waals surface area contributed by atoms with Gasteiger partial charge in [-0.1, -0.05) is 23.3 Å². The molecule has 2 aromatic rings. The van der Waals surface area contributed by atoms with Crippen molar-refractivity contribution in [3.63, 3.8) is 0 Å². The Morgan fingerprint density at radius 3 is 2.16 bits per heavy atom. The maximum Gasteiger partial charge on any atom is 0.364 e. The Hall–Kier alpha value is -3.00. The van der Waals surface area contributed by atoms with Crippen molar-refractivity contribution in [2.24, 2.45) is 4.36 Å². The van der Waals surface area contributed by atoms with Gasteiger partial charge in [-0.05, 0) is 30.3 Å². The van der Waals surface area contributed by atoms with Gasteiger partial charge in [0.15, 0.2) is 0 Å². The van der Waals surface area contributed by atoms with Crippen molar-refractivity contribution in [1.82, 2.24) is 5.06 Å². The molecule has 0 aromatic heterocycles. The molecule has 8 heteroatoms. The molecule has 0 saturated carbocycles. The smallest absolute Gasteiger partial charge is 0.324 e. The highest BCUT2D eigenvalue weighted by atomic mass is 32.2. The van der Waals surface area contributed by atoms with Gasteiger partial charge in [-0.3, -0.25) is 9.59 Å². The lowest BCUT2D eigenvalue weighted by Crippen LogP contribution is -2.32. The molecule has 0 aliphatic carbocycles. The average molecular weight is 358 g/mol. The number of nitrogens with zero attached hydrogens (tertiary/aromatic N) is 2. The highest BCUT2D eigenvalue weighted by molar-refractivity contribution is 7.92. The van der Waals surface area contributed by atoms with E-state index in [1.54, 1.807) is 24.3 Å². The summed E-state index contributed by atoms with van der Waals surface area (Å²) < 4.78 is 15.7. The summed E-state index contributed by atoms with van der Waals surface area (Å²) in [5, 5.41) is 0.444. The topological polar surface area (TPSA) is 93.1 Å². The maximum atomic E-state index is 12.3. The third-order valence-electron chi connectivity index (χ3n) is 3.34. The molecule has 7 nitrogen and oxygen atoms in total. The van der Waals surface area contributed by atoms with Crippen LogP contribution in [0.15, 0.2) is 52.9 Å². The lowest BCUT2D eigenvalue weighted by atomic mass is 10.1.